The first-order valence-corrected chi connectivity index (χ1v) is 10.1. The molecule has 0 saturated carbocycles. The minimum absolute atomic E-state index is 0.00679. The summed E-state index contributed by atoms with van der Waals surface area (Å²) in [6.07, 6.45) is 2.08. The van der Waals surface area contributed by atoms with Crippen molar-refractivity contribution in [2.24, 2.45) is 5.92 Å². The first-order chi connectivity index (χ1) is 14.1. The summed E-state index contributed by atoms with van der Waals surface area (Å²) in [4.78, 5) is 41.1. The molecule has 0 aromatic heterocycles. The van der Waals surface area contributed by atoms with Crippen molar-refractivity contribution in [3.63, 3.8) is 0 Å². The molecule has 29 heavy (non-hydrogen) atoms. The van der Waals surface area contributed by atoms with Gasteiger partial charge in [0.05, 0.1) is 6.54 Å². The number of benzene rings is 2. The molecule has 1 fully saturated rings. The fraction of sp³-hybridized carbons (Fsp3) is 0.348. The maximum Gasteiger partial charge on any atom is 0.253 e. The van der Waals surface area contributed by atoms with Gasteiger partial charge >= 0.3 is 0 Å². The second-order valence-electron chi connectivity index (χ2n) is 7.57. The predicted octanol–water partition coefficient (Wildman–Crippen LogP) is 2.24. The Hall–Kier alpha value is -3.15. The Balaban J connectivity index is 1.25. The lowest BCUT2D eigenvalue weighted by Crippen LogP contribution is -2.45. The number of hydrogen-bond acceptors (Lipinski definition) is 3. The van der Waals surface area contributed by atoms with Crippen LogP contribution in [-0.4, -0.2) is 48.8 Å². The molecule has 150 valence electrons. The van der Waals surface area contributed by atoms with Crippen LogP contribution in [0, 0.1) is 5.92 Å². The summed E-state index contributed by atoms with van der Waals surface area (Å²) in [5.41, 5.74) is 2.79. The van der Waals surface area contributed by atoms with Gasteiger partial charge in [-0.1, -0.05) is 36.4 Å². The van der Waals surface area contributed by atoms with Gasteiger partial charge in [0.15, 0.2) is 0 Å². The summed E-state index contributed by atoms with van der Waals surface area (Å²) in [6, 6.07) is 17.1. The number of likely N-dealkylation sites (tertiary alicyclic amines) is 1. The Bertz CT molecular complexity index is 905. The van der Waals surface area contributed by atoms with Crippen molar-refractivity contribution in [3.8, 4) is 0 Å². The zero-order valence-corrected chi connectivity index (χ0v) is 16.3. The quantitative estimate of drug-likeness (QED) is 0.869. The zero-order chi connectivity index (χ0) is 20.2. The van der Waals surface area contributed by atoms with Crippen molar-refractivity contribution >= 4 is 23.4 Å². The first-order valence-electron chi connectivity index (χ1n) is 10.1. The van der Waals surface area contributed by atoms with Crippen LogP contribution >= 0.6 is 0 Å². The Labute approximate surface area is 170 Å². The van der Waals surface area contributed by atoms with Gasteiger partial charge in [-0.2, -0.15) is 0 Å². The van der Waals surface area contributed by atoms with Gasteiger partial charge in [0.1, 0.15) is 0 Å². The maximum atomic E-state index is 12.6. The van der Waals surface area contributed by atoms with Gasteiger partial charge < -0.3 is 15.1 Å². The molecule has 0 radical (unpaired) electrons. The molecule has 2 aromatic carbocycles. The third kappa shape index (κ3) is 4.16. The highest BCUT2D eigenvalue weighted by Crippen LogP contribution is 2.27. The number of carbonyl (C=O) groups excluding carboxylic acids is 3. The lowest BCUT2D eigenvalue weighted by molar-refractivity contribution is -0.128. The largest absolute Gasteiger partial charge is 0.347 e. The zero-order valence-electron chi connectivity index (χ0n) is 16.3. The van der Waals surface area contributed by atoms with E-state index in [1.54, 1.807) is 9.80 Å². The van der Waals surface area contributed by atoms with Crippen LogP contribution in [0.2, 0.25) is 0 Å². The topological polar surface area (TPSA) is 69.7 Å². The first kappa shape index (κ1) is 19.2. The molecule has 3 amide bonds. The fourth-order valence-corrected chi connectivity index (χ4v) is 4.11. The van der Waals surface area contributed by atoms with Gasteiger partial charge in [-0.05, 0) is 43.0 Å². The van der Waals surface area contributed by atoms with Crippen LogP contribution in [0.1, 0.15) is 28.8 Å². The molecule has 4 rings (SSSR count). The molecule has 2 aliphatic rings. The molecular formula is C23H25N3O3. The molecule has 6 nitrogen and oxygen atoms in total. The van der Waals surface area contributed by atoms with Gasteiger partial charge in [-0.15, -0.1) is 0 Å². The molecule has 1 saturated heterocycles. The number of fused-ring (bicyclic) bond motifs is 1. The van der Waals surface area contributed by atoms with Crippen LogP contribution in [0.5, 0.6) is 0 Å². The summed E-state index contributed by atoms with van der Waals surface area (Å²) in [5, 5.41) is 2.80. The van der Waals surface area contributed by atoms with Crippen LogP contribution in [0.15, 0.2) is 54.6 Å². The standard InChI is InChI=1S/C23H25N3O3/c27-21(26-15-12-17-6-4-5-9-20(17)26)16-24-22(28)18-10-13-25(14-11-18)23(29)19-7-2-1-3-8-19/h1-9,18H,10-16H2,(H,24,28). The molecule has 0 atom stereocenters. The van der Waals surface area contributed by atoms with E-state index in [-0.39, 0.29) is 30.2 Å². The third-order valence-corrected chi connectivity index (χ3v) is 5.78. The summed E-state index contributed by atoms with van der Waals surface area (Å²) >= 11 is 0. The highest BCUT2D eigenvalue weighted by atomic mass is 16.2. The summed E-state index contributed by atoms with van der Waals surface area (Å²) in [7, 11) is 0. The van der Waals surface area contributed by atoms with E-state index in [0.717, 1.165) is 12.1 Å². The summed E-state index contributed by atoms with van der Waals surface area (Å²) in [6.45, 7) is 1.78. The molecule has 0 bridgehead atoms. The lowest BCUT2D eigenvalue weighted by Gasteiger charge is -2.31. The Morgan fingerprint density at radius 2 is 1.59 bits per heavy atom. The SMILES string of the molecule is O=C(NCC(=O)N1CCc2ccccc21)C1CCN(C(=O)c2ccccc2)CC1. The summed E-state index contributed by atoms with van der Waals surface area (Å²) < 4.78 is 0. The Morgan fingerprint density at radius 1 is 0.897 bits per heavy atom. The lowest BCUT2D eigenvalue weighted by atomic mass is 9.95. The molecule has 2 heterocycles. The van der Waals surface area contributed by atoms with E-state index < -0.39 is 0 Å². The number of hydrogen-bond donors (Lipinski definition) is 1. The molecule has 1 N–H and O–H groups in total. The molecule has 0 aliphatic carbocycles. The smallest absolute Gasteiger partial charge is 0.253 e. The van der Waals surface area contributed by atoms with Crippen molar-refractivity contribution in [1.29, 1.82) is 0 Å². The van der Waals surface area contributed by atoms with Crippen LogP contribution in [0.3, 0.4) is 0 Å². The number of piperidine rings is 1. The Morgan fingerprint density at radius 3 is 2.34 bits per heavy atom. The average Bonchev–Trinajstić information content (AvgIpc) is 3.22. The van der Waals surface area contributed by atoms with Crippen molar-refractivity contribution in [1.82, 2.24) is 10.2 Å². The van der Waals surface area contributed by atoms with Crippen LogP contribution in [0.4, 0.5) is 5.69 Å². The maximum absolute atomic E-state index is 12.6. The normalized spacial score (nSPS) is 16.4. The molecule has 0 spiro atoms. The number of nitrogens with one attached hydrogen (secondary N) is 1. The number of rotatable bonds is 4. The predicted molar refractivity (Wildman–Crippen MR) is 111 cm³/mol. The van der Waals surface area contributed by atoms with Gasteiger partial charge in [0.25, 0.3) is 5.91 Å². The van der Waals surface area contributed by atoms with Gasteiger partial charge in [-0.3, -0.25) is 14.4 Å². The number of anilines is 1. The molecular weight excluding hydrogens is 366 g/mol. The van der Waals surface area contributed by atoms with E-state index in [1.165, 1.54) is 5.56 Å². The molecule has 2 aromatic rings. The van der Waals surface area contributed by atoms with E-state index in [2.05, 4.69) is 5.32 Å². The molecule has 6 heteroatoms. The highest BCUT2D eigenvalue weighted by Gasteiger charge is 2.29. The van der Waals surface area contributed by atoms with Gasteiger partial charge in [0.2, 0.25) is 11.8 Å². The number of nitrogens with zero attached hydrogens (tertiary/aromatic N) is 2. The van der Waals surface area contributed by atoms with E-state index in [0.29, 0.717) is 38.0 Å². The number of para-hydroxylation sites is 1. The second kappa shape index (κ2) is 8.47. The number of carbonyl (C=O) groups is 3. The molecule has 2 aliphatic heterocycles. The van der Waals surface area contributed by atoms with E-state index in [1.807, 2.05) is 54.6 Å². The van der Waals surface area contributed by atoms with Crippen molar-refractivity contribution < 1.29 is 14.4 Å². The van der Waals surface area contributed by atoms with Crippen LogP contribution in [0.25, 0.3) is 0 Å². The van der Waals surface area contributed by atoms with Crippen molar-refractivity contribution in [2.45, 2.75) is 19.3 Å². The average molecular weight is 391 g/mol. The van der Waals surface area contributed by atoms with E-state index in [4.69, 9.17) is 0 Å². The van der Waals surface area contributed by atoms with Crippen molar-refractivity contribution in [3.05, 3.63) is 65.7 Å². The van der Waals surface area contributed by atoms with E-state index in [9.17, 15) is 14.4 Å². The molecule has 0 unspecified atom stereocenters. The highest BCUT2D eigenvalue weighted by molar-refractivity contribution is 5.98. The van der Waals surface area contributed by atoms with Crippen molar-refractivity contribution in [2.75, 3.05) is 31.1 Å². The van der Waals surface area contributed by atoms with Crippen LogP contribution < -0.4 is 10.2 Å². The second-order valence-corrected chi connectivity index (χ2v) is 7.57. The minimum Gasteiger partial charge on any atom is -0.347 e. The fourth-order valence-electron chi connectivity index (χ4n) is 4.11. The minimum atomic E-state index is -0.159. The summed E-state index contributed by atoms with van der Waals surface area (Å²) in [5.74, 6) is -0.335. The van der Waals surface area contributed by atoms with Crippen LogP contribution in [-0.2, 0) is 16.0 Å². The third-order valence-electron chi connectivity index (χ3n) is 5.78. The number of amides is 3. The van der Waals surface area contributed by atoms with E-state index >= 15 is 0 Å². The van der Waals surface area contributed by atoms with Gasteiger partial charge in [0, 0.05) is 36.8 Å². The van der Waals surface area contributed by atoms with Gasteiger partial charge in [-0.25, -0.2) is 0 Å². The monoisotopic (exact) mass is 391 g/mol. The Kier molecular flexibility index (Phi) is 5.60.